The van der Waals surface area contributed by atoms with Crippen LogP contribution in [-0.4, -0.2) is 22.9 Å². The molecule has 1 atom stereocenters. The van der Waals surface area contributed by atoms with Crippen LogP contribution in [-0.2, 0) is 4.79 Å². The summed E-state index contributed by atoms with van der Waals surface area (Å²) in [4.78, 5) is 13.4. The maximum Gasteiger partial charge on any atom is 0.225 e. The molecule has 1 aliphatic rings. The van der Waals surface area contributed by atoms with Gasteiger partial charge in [0, 0.05) is 18.0 Å². The summed E-state index contributed by atoms with van der Waals surface area (Å²) in [6, 6.07) is 0. The molecule has 1 heterocycles. The van der Waals surface area contributed by atoms with Crippen LogP contribution < -0.4 is 0 Å². The molecular formula is C9H17NO. The number of amides is 1. The molecule has 11 heavy (non-hydrogen) atoms. The average Bonchev–Trinajstić information content (AvgIpc) is 2.11. The quantitative estimate of drug-likeness (QED) is 0.521. The van der Waals surface area contributed by atoms with Gasteiger partial charge in [0.1, 0.15) is 0 Å². The number of rotatable bonds is 0. The molecule has 2 heteroatoms. The molecule has 0 saturated carbocycles. The average molecular weight is 155 g/mol. The molecule has 1 aliphatic heterocycles. The van der Waals surface area contributed by atoms with Crippen molar-refractivity contribution in [3.63, 3.8) is 0 Å². The number of nitrogens with zero attached hydrogens (tertiary/aromatic N) is 1. The Morgan fingerprint density at radius 2 is 2.00 bits per heavy atom. The van der Waals surface area contributed by atoms with E-state index in [9.17, 15) is 4.79 Å². The summed E-state index contributed by atoms with van der Waals surface area (Å²) >= 11 is 0. The molecule has 0 N–H and O–H groups in total. The molecule has 1 rings (SSSR count). The highest BCUT2D eigenvalue weighted by atomic mass is 16.2. The molecule has 0 spiro atoms. The van der Waals surface area contributed by atoms with E-state index in [1.807, 2.05) is 11.8 Å². The molecule has 0 aromatic heterocycles. The lowest BCUT2D eigenvalue weighted by Gasteiger charge is -2.31. The standard InChI is InChI=1S/C9H17NO/c1-7-5-6-10(8(7)11)9(2,3)4/h7H,5-6H2,1-4H3. The molecule has 2 nitrogen and oxygen atoms in total. The fourth-order valence-electron chi connectivity index (χ4n) is 1.49. The van der Waals surface area contributed by atoms with Crippen molar-refractivity contribution in [2.45, 2.75) is 39.7 Å². The van der Waals surface area contributed by atoms with Gasteiger partial charge in [-0.25, -0.2) is 0 Å². The zero-order valence-corrected chi connectivity index (χ0v) is 7.85. The largest absolute Gasteiger partial charge is 0.338 e. The van der Waals surface area contributed by atoms with Crippen LogP contribution in [0.4, 0.5) is 0 Å². The second-order valence-electron chi connectivity index (χ2n) is 4.35. The summed E-state index contributed by atoms with van der Waals surface area (Å²) in [6.45, 7) is 9.20. The van der Waals surface area contributed by atoms with Crippen LogP contribution in [0.15, 0.2) is 0 Å². The second-order valence-corrected chi connectivity index (χ2v) is 4.35. The van der Waals surface area contributed by atoms with Gasteiger partial charge in [-0.2, -0.15) is 0 Å². The SMILES string of the molecule is CC1CCN(C(C)(C)C)C1=O. The fourth-order valence-corrected chi connectivity index (χ4v) is 1.49. The molecular weight excluding hydrogens is 138 g/mol. The van der Waals surface area contributed by atoms with Crippen molar-refractivity contribution in [2.75, 3.05) is 6.54 Å². The first kappa shape index (κ1) is 8.57. The molecule has 1 saturated heterocycles. The van der Waals surface area contributed by atoms with Crippen molar-refractivity contribution in [3.8, 4) is 0 Å². The van der Waals surface area contributed by atoms with Crippen LogP contribution in [0.1, 0.15) is 34.1 Å². The molecule has 64 valence electrons. The van der Waals surface area contributed by atoms with E-state index in [1.165, 1.54) is 0 Å². The van der Waals surface area contributed by atoms with E-state index >= 15 is 0 Å². The normalized spacial score (nSPS) is 26.4. The van der Waals surface area contributed by atoms with Gasteiger partial charge in [-0.1, -0.05) is 6.92 Å². The summed E-state index contributed by atoms with van der Waals surface area (Å²) in [7, 11) is 0. The Morgan fingerprint density at radius 3 is 2.18 bits per heavy atom. The lowest BCUT2D eigenvalue weighted by molar-refractivity contribution is -0.134. The fraction of sp³-hybridized carbons (Fsp3) is 0.889. The van der Waals surface area contributed by atoms with Gasteiger partial charge in [-0.3, -0.25) is 4.79 Å². The Labute approximate surface area is 68.6 Å². The van der Waals surface area contributed by atoms with E-state index in [-0.39, 0.29) is 11.5 Å². The van der Waals surface area contributed by atoms with Gasteiger partial charge in [0.2, 0.25) is 5.91 Å². The zero-order chi connectivity index (χ0) is 8.65. The van der Waals surface area contributed by atoms with Crippen LogP contribution in [0, 0.1) is 5.92 Å². The van der Waals surface area contributed by atoms with Gasteiger partial charge >= 0.3 is 0 Å². The van der Waals surface area contributed by atoms with Gasteiger partial charge in [-0.05, 0) is 27.2 Å². The highest BCUT2D eigenvalue weighted by Crippen LogP contribution is 2.24. The summed E-state index contributed by atoms with van der Waals surface area (Å²) in [5.74, 6) is 0.562. The lowest BCUT2D eigenvalue weighted by Crippen LogP contribution is -2.42. The highest BCUT2D eigenvalue weighted by Gasteiger charge is 2.34. The molecule has 0 aliphatic carbocycles. The third-order valence-electron chi connectivity index (χ3n) is 2.28. The summed E-state index contributed by atoms with van der Waals surface area (Å²) in [5.41, 5.74) is 0.0157. The first-order chi connectivity index (χ1) is 4.93. The number of likely N-dealkylation sites (tertiary alicyclic amines) is 1. The Kier molecular flexibility index (Phi) is 1.95. The lowest BCUT2D eigenvalue weighted by atomic mass is 10.1. The van der Waals surface area contributed by atoms with E-state index in [2.05, 4.69) is 20.8 Å². The van der Waals surface area contributed by atoms with Gasteiger partial charge in [-0.15, -0.1) is 0 Å². The number of carbonyl (C=O) groups excluding carboxylic acids is 1. The summed E-state index contributed by atoms with van der Waals surface area (Å²) < 4.78 is 0. The Morgan fingerprint density at radius 1 is 1.45 bits per heavy atom. The van der Waals surface area contributed by atoms with E-state index in [0.717, 1.165) is 13.0 Å². The van der Waals surface area contributed by atoms with Gasteiger partial charge in [0.05, 0.1) is 0 Å². The topological polar surface area (TPSA) is 20.3 Å². The predicted molar refractivity (Wildman–Crippen MR) is 45.2 cm³/mol. The van der Waals surface area contributed by atoms with Crippen molar-refractivity contribution >= 4 is 5.91 Å². The predicted octanol–water partition coefficient (Wildman–Crippen LogP) is 1.65. The number of carbonyl (C=O) groups is 1. The molecule has 0 aromatic rings. The minimum atomic E-state index is 0.0157. The minimum Gasteiger partial charge on any atom is -0.338 e. The van der Waals surface area contributed by atoms with E-state index in [4.69, 9.17) is 0 Å². The molecule has 0 bridgehead atoms. The second kappa shape index (κ2) is 2.50. The summed E-state index contributed by atoms with van der Waals surface area (Å²) in [6.07, 6.45) is 1.02. The number of hydrogen-bond donors (Lipinski definition) is 0. The molecule has 1 unspecified atom stereocenters. The van der Waals surface area contributed by atoms with Gasteiger partial charge < -0.3 is 4.90 Å². The molecule has 1 amide bonds. The third kappa shape index (κ3) is 1.55. The number of hydrogen-bond acceptors (Lipinski definition) is 1. The van der Waals surface area contributed by atoms with Crippen molar-refractivity contribution in [2.24, 2.45) is 5.92 Å². The van der Waals surface area contributed by atoms with Crippen LogP contribution in [0.5, 0.6) is 0 Å². The van der Waals surface area contributed by atoms with Crippen LogP contribution in [0.3, 0.4) is 0 Å². The first-order valence-electron chi connectivity index (χ1n) is 4.24. The van der Waals surface area contributed by atoms with Crippen molar-refractivity contribution in [3.05, 3.63) is 0 Å². The first-order valence-corrected chi connectivity index (χ1v) is 4.24. The third-order valence-corrected chi connectivity index (χ3v) is 2.28. The van der Waals surface area contributed by atoms with Crippen molar-refractivity contribution < 1.29 is 4.79 Å². The zero-order valence-electron chi connectivity index (χ0n) is 7.85. The maximum absolute atomic E-state index is 11.5. The smallest absolute Gasteiger partial charge is 0.225 e. The van der Waals surface area contributed by atoms with E-state index in [1.54, 1.807) is 0 Å². The monoisotopic (exact) mass is 155 g/mol. The van der Waals surface area contributed by atoms with Gasteiger partial charge in [0.15, 0.2) is 0 Å². The van der Waals surface area contributed by atoms with Gasteiger partial charge in [0.25, 0.3) is 0 Å². The van der Waals surface area contributed by atoms with Crippen molar-refractivity contribution in [1.82, 2.24) is 4.90 Å². The van der Waals surface area contributed by atoms with E-state index in [0.29, 0.717) is 5.91 Å². The van der Waals surface area contributed by atoms with Crippen LogP contribution in [0.2, 0.25) is 0 Å². The summed E-state index contributed by atoms with van der Waals surface area (Å²) in [5, 5.41) is 0. The maximum atomic E-state index is 11.5. The Hall–Kier alpha value is -0.530. The van der Waals surface area contributed by atoms with Crippen molar-refractivity contribution in [1.29, 1.82) is 0 Å². The Bertz CT molecular complexity index is 169. The molecule has 0 aromatic carbocycles. The van der Waals surface area contributed by atoms with E-state index < -0.39 is 0 Å². The van der Waals surface area contributed by atoms with Crippen LogP contribution >= 0.6 is 0 Å². The molecule has 1 fully saturated rings. The van der Waals surface area contributed by atoms with Crippen LogP contribution in [0.25, 0.3) is 0 Å². The Balaban J connectivity index is 2.70. The molecule has 0 radical (unpaired) electrons. The highest BCUT2D eigenvalue weighted by molar-refractivity contribution is 5.81. The minimum absolute atomic E-state index is 0.0157.